The van der Waals surface area contributed by atoms with Crippen molar-refractivity contribution >= 4 is 21.8 Å². The van der Waals surface area contributed by atoms with E-state index in [1.54, 1.807) is 14.2 Å². The quantitative estimate of drug-likeness (QED) is 0.533. The van der Waals surface area contributed by atoms with Gasteiger partial charge in [-0.2, -0.15) is 0 Å². The van der Waals surface area contributed by atoms with E-state index < -0.39 is 0 Å². The first-order valence-electron chi connectivity index (χ1n) is 11.0. The van der Waals surface area contributed by atoms with Gasteiger partial charge in [-0.3, -0.25) is 4.79 Å². The monoisotopic (exact) mass is 482 g/mol. The summed E-state index contributed by atoms with van der Waals surface area (Å²) in [6.07, 6.45) is 4.56. The Morgan fingerprint density at radius 2 is 1.93 bits per heavy atom. The van der Waals surface area contributed by atoms with Crippen LogP contribution in [0.1, 0.15) is 44.1 Å². The fraction of sp³-hybridized carbons (Fsp3) is 0.696. The van der Waals surface area contributed by atoms with Gasteiger partial charge < -0.3 is 24.0 Å². The van der Waals surface area contributed by atoms with Crippen LogP contribution in [0.3, 0.4) is 0 Å². The van der Waals surface area contributed by atoms with Crippen molar-refractivity contribution in [3.05, 3.63) is 22.2 Å². The molecule has 30 heavy (non-hydrogen) atoms. The van der Waals surface area contributed by atoms with Crippen LogP contribution >= 0.6 is 15.9 Å². The lowest BCUT2D eigenvalue weighted by Gasteiger charge is -2.32. The minimum absolute atomic E-state index is 0.119. The normalized spacial score (nSPS) is 20.5. The lowest BCUT2D eigenvalue weighted by Crippen LogP contribution is -2.40. The first-order chi connectivity index (χ1) is 14.5. The third-order valence-electron chi connectivity index (χ3n) is 6.37. The fourth-order valence-electron chi connectivity index (χ4n) is 4.68. The third kappa shape index (κ3) is 5.89. The van der Waals surface area contributed by atoms with E-state index in [2.05, 4.69) is 20.8 Å². The van der Waals surface area contributed by atoms with Crippen LogP contribution < -0.4 is 9.47 Å². The summed E-state index contributed by atoms with van der Waals surface area (Å²) in [5, 5.41) is 0. The molecule has 0 bridgehead atoms. The molecule has 7 heteroatoms. The number of benzene rings is 1. The molecule has 0 saturated carbocycles. The zero-order chi connectivity index (χ0) is 21.5. The number of carbonyl (C=O) groups excluding carboxylic acids is 1. The lowest BCUT2D eigenvalue weighted by molar-refractivity contribution is -0.136. The van der Waals surface area contributed by atoms with Crippen LogP contribution in [0, 0.1) is 5.92 Å². The summed E-state index contributed by atoms with van der Waals surface area (Å²) in [6.45, 7) is 7.92. The van der Waals surface area contributed by atoms with Crippen LogP contribution in [-0.2, 0) is 9.53 Å². The van der Waals surface area contributed by atoms with Gasteiger partial charge in [-0.15, -0.1) is 0 Å². The lowest BCUT2D eigenvalue weighted by atomic mass is 9.93. The van der Waals surface area contributed by atoms with Crippen molar-refractivity contribution in [1.82, 2.24) is 9.80 Å². The van der Waals surface area contributed by atoms with Crippen molar-refractivity contribution < 1.29 is 19.0 Å². The fourth-order valence-corrected chi connectivity index (χ4v) is 5.43. The molecular formula is C23H35BrN2O4. The van der Waals surface area contributed by atoms with Gasteiger partial charge in [0, 0.05) is 48.8 Å². The molecule has 1 unspecified atom stereocenters. The van der Waals surface area contributed by atoms with E-state index in [4.69, 9.17) is 14.2 Å². The highest BCUT2D eigenvalue weighted by Gasteiger charge is 2.29. The molecule has 2 aliphatic rings. The van der Waals surface area contributed by atoms with Crippen LogP contribution in [0.2, 0.25) is 0 Å². The number of hydrogen-bond donors (Lipinski definition) is 0. The number of rotatable bonds is 9. The number of halogens is 1. The summed E-state index contributed by atoms with van der Waals surface area (Å²) >= 11 is 3.75. The SMILES string of the molecule is CCOc1cc(OC)cc(Br)c1C1CCN(CCC2CCN(C(=O)COC)CC2)C1. The van der Waals surface area contributed by atoms with E-state index in [0.29, 0.717) is 18.4 Å². The maximum Gasteiger partial charge on any atom is 0.248 e. The molecule has 2 heterocycles. The van der Waals surface area contributed by atoms with E-state index in [1.165, 1.54) is 12.0 Å². The minimum atomic E-state index is 0.119. The number of ether oxygens (including phenoxy) is 3. The van der Waals surface area contributed by atoms with Gasteiger partial charge in [0.2, 0.25) is 5.91 Å². The molecule has 1 aromatic rings. The minimum Gasteiger partial charge on any atom is -0.497 e. The molecule has 1 amide bonds. The van der Waals surface area contributed by atoms with Crippen LogP contribution in [0.5, 0.6) is 11.5 Å². The predicted molar refractivity (Wildman–Crippen MR) is 121 cm³/mol. The summed E-state index contributed by atoms with van der Waals surface area (Å²) in [6, 6.07) is 4.05. The summed E-state index contributed by atoms with van der Waals surface area (Å²) < 4.78 is 17.4. The zero-order valence-electron chi connectivity index (χ0n) is 18.5. The standard InChI is InChI=1S/C23H35BrN2O4/c1-4-30-21-14-19(29-3)13-20(24)23(21)18-8-10-25(15-18)9-5-17-6-11-26(12-7-17)22(27)16-28-2/h13-14,17-18H,4-12,15-16H2,1-3H3. The number of amides is 1. The first kappa shape index (κ1) is 23.4. The van der Waals surface area contributed by atoms with Crippen molar-refractivity contribution in [2.24, 2.45) is 5.92 Å². The molecule has 3 rings (SSSR count). The van der Waals surface area contributed by atoms with Crippen molar-refractivity contribution in [3.8, 4) is 11.5 Å². The Bertz CT molecular complexity index is 707. The molecule has 2 saturated heterocycles. The molecule has 2 fully saturated rings. The Morgan fingerprint density at radius 3 is 2.60 bits per heavy atom. The van der Waals surface area contributed by atoms with Crippen LogP contribution in [0.15, 0.2) is 16.6 Å². The largest absolute Gasteiger partial charge is 0.497 e. The smallest absolute Gasteiger partial charge is 0.248 e. The number of likely N-dealkylation sites (tertiary alicyclic amines) is 2. The van der Waals surface area contributed by atoms with Gasteiger partial charge >= 0.3 is 0 Å². The molecule has 6 nitrogen and oxygen atoms in total. The van der Waals surface area contributed by atoms with Crippen LogP contribution in [-0.4, -0.2) is 75.9 Å². The molecule has 0 radical (unpaired) electrons. The maximum absolute atomic E-state index is 12.0. The Labute approximate surface area is 189 Å². The number of nitrogens with zero attached hydrogens (tertiary/aromatic N) is 2. The van der Waals surface area contributed by atoms with Gasteiger partial charge in [-0.25, -0.2) is 0 Å². The van der Waals surface area contributed by atoms with Gasteiger partial charge in [0.1, 0.15) is 18.1 Å². The number of hydrogen-bond acceptors (Lipinski definition) is 5. The van der Waals surface area contributed by atoms with Crippen LogP contribution in [0.25, 0.3) is 0 Å². The highest BCUT2D eigenvalue weighted by atomic mass is 79.9. The molecule has 0 spiro atoms. The summed E-state index contributed by atoms with van der Waals surface area (Å²) in [5.74, 6) is 3.05. The van der Waals surface area contributed by atoms with Gasteiger partial charge in [0.25, 0.3) is 0 Å². The van der Waals surface area contributed by atoms with E-state index in [-0.39, 0.29) is 12.5 Å². The van der Waals surface area contributed by atoms with Crippen molar-refractivity contribution in [1.29, 1.82) is 0 Å². The van der Waals surface area contributed by atoms with Crippen molar-refractivity contribution in [2.75, 3.05) is 60.2 Å². The zero-order valence-corrected chi connectivity index (χ0v) is 20.1. The van der Waals surface area contributed by atoms with Gasteiger partial charge in [0.05, 0.1) is 13.7 Å². The second-order valence-electron chi connectivity index (χ2n) is 8.29. The molecule has 0 aromatic heterocycles. The molecule has 1 aromatic carbocycles. The number of piperidine rings is 1. The van der Waals surface area contributed by atoms with Crippen molar-refractivity contribution in [2.45, 2.75) is 38.5 Å². The van der Waals surface area contributed by atoms with E-state index in [0.717, 1.165) is 68.0 Å². The molecule has 1 atom stereocenters. The van der Waals surface area contributed by atoms with Crippen molar-refractivity contribution in [3.63, 3.8) is 0 Å². The van der Waals surface area contributed by atoms with Gasteiger partial charge in [0.15, 0.2) is 0 Å². The van der Waals surface area contributed by atoms with E-state index >= 15 is 0 Å². The summed E-state index contributed by atoms with van der Waals surface area (Å²) in [5.41, 5.74) is 1.27. The Hall–Kier alpha value is -1.31. The van der Waals surface area contributed by atoms with E-state index in [9.17, 15) is 4.79 Å². The predicted octanol–water partition coefficient (Wildman–Crippen LogP) is 3.92. The first-order valence-corrected chi connectivity index (χ1v) is 11.8. The molecule has 168 valence electrons. The second kappa shape index (κ2) is 11.3. The van der Waals surface area contributed by atoms with Gasteiger partial charge in [-0.05, 0) is 57.7 Å². The molecular weight excluding hydrogens is 448 g/mol. The maximum atomic E-state index is 12.0. The summed E-state index contributed by atoms with van der Waals surface area (Å²) in [4.78, 5) is 16.5. The molecule has 0 aliphatic carbocycles. The highest BCUT2D eigenvalue weighted by Crippen LogP contribution is 2.41. The van der Waals surface area contributed by atoms with Crippen LogP contribution in [0.4, 0.5) is 0 Å². The number of carbonyl (C=O) groups is 1. The molecule has 0 N–H and O–H groups in total. The highest BCUT2D eigenvalue weighted by molar-refractivity contribution is 9.10. The average molecular weight is 483 g/mol. The number of methoxy groups -OCH3 is 2. The molecule has 2 aliphatic heterocycles. The Balaban J connectivity index is 1.50. The third-order valence-corrected chi connectivity index (χ3v) is 7.03. The average Bonchev–Trinajstić information content (AvgIpc) is 3.21. The topological polar surface area (TPSA) is 51.2 Å². The Kier molecular flexibility index (Phi) is 8.84. The Morgan fingerprint density at radius 1 is 1.17 bits per heavy atom. The summed E-state index contributed by atoms with van der Waals surface area (Å²) in [7, 11) is 3.27. The van der Waals surface area contributed by atoms with E-state index in [1.807, 2.05) is 24.0 Å². The second-order valence-corrected chi connectivity index (χ2v) is 9.14. The van der Waals surface area contributed by atoms with Gasteiger partial charge in [-0.1, -0.05) is 15.9 Å².